The molecule has 0 aliphatic rings. The standard InChI is InChI=1S/C15H20N2O2S2/c1-5-19-10-6-7-12-11(8-10)16-14(21-12)20-9-13(18)17-15(2,3)4/h6-8H,5,9H2,1-4H3,(H,17,18). The third kappa shape index (κ3) is 4.89. The van der Waals surface area contributed by atoms with Crippen molar-refractivity contribution >= 4 is 39.2 Å². The van der Waals surface area contributed by atoms with Gasteiger partial charge in [-0.3, -0.25) is 4.79 Å². The van der Waals surface area contributed by atoms with Gasteiger partial charge in [0.1, 0.15) is 5.75 Å². The smallest absolute Gasteiger partial charge is 0.230 e. The largest absolute Gasteiger partial charge is 0.494 e. The molecule has 1 heterocycles. The first-order valence-corrected chi connectivity index (χ1v) is 8.65. The van der Waals surface area contributed by atoms with Crippen molar-refractivity contribution in [3.05, 3.63) is 18.2 Å². The number of carbonyl (C=O) groups is 1. The number of ether oxygens (including phenoxy) is 1. The van der Waals surface area contributed by atoms with Crippen molar-refractivity contribution in [1.29, 1.82) is 0 Å². The Bertz CT molecular complexity index is 632. The number of hydrogen-bond acceptors (Lipinski definition) is 5. The summed E-state index contributed by atoms with van der Waals surface area (Å²) in [6.07, 6.45) is 0. The van der Waals surface area contributed by atoms with Crippen LogP contribution in [0.1, 0.15) is 27.7 Å². The number of nitrogens with one attached hydrogen (secondary N) is 1. The van der Waals surface area contributed by atoms with Gasteiger partial charge in [0.15, 0.2) is 4.34 Å². The first-order valence-electron chi connectivity index (χ1n) is 6.84. The molecule has 2 aromatic rings. The lowest BCUT2D eigenvalue weighted by atomic mass is 10.1. The highest BCUT2D eigenvalue weighted by Gasteiger charge is 2.14. The molecule has 0 radical (unpaired) electrons. The van der Waals surface area contributed by atoms with Crippen LogP contribution in [0.5, 0.6) is 5.75 Å². The molecule has 0 atom stereocenters. The van der Waals surface area contributed by atoms with E-state index in [2.05, 4.69) is 10.3 Å². The summed E-state index contributed by atoms with van der Waals surface area (Å²) in [7, 11) is 0. The Kier molecular flexibility index (Phi) is 5.11. The van der Waals surface area contributed by atoms with Gasteiger partial charge in [-0.15, -0.1) is 11.3 Å². The second kappa shape index (κ2) is 6.66. The van der Waals surface area contributed by atoms with Gasteiger partial charge in [0.25, 0.3) is 0 Å². The minimum absolute atomic E-state index is 0.0294. The summed E-state index contributed by atoms with van der Waals surface area (Å²) in [5.74, 6) is 1.24. The van der Waals surface area contributed by atoms with E-state index in [9.17, 15) is 4.79 Å². The van der Waals surface area contributed by atoms with Gasteiger partial charge in [0, 0.05) is 11.6 Å². The second-order valence-electron chi connectivity index (χ2n) is 5.63. The first-order chi connectivity index (χ1) is 9.87. The van der Waals surface area contributed by atoms with Gasteiger partial charge in [0.2, 0.25) is 5.91 Å². The first kappa shape index (κ1) is 16.1. The van der Waals surface area contributed by atoms with E-state index < -0.39 is 0 Å². The lowest BCUT2D eigenvalue weighted by Gasteiger charge is -2.19. The topological polar surface area (TPSA) is 51.2 Å². The van der Waals surface area contributed by atoms with Gasteiger partial charge in [-0.2, -0.15) is 0 Å². The maximum atomic E-state index is 11.8. The van der Waals surface area contributed by atoms with Crippen LogP contribution < -0.4 is 10.1 Å². The fourth-order valence-electron chi connectivity index (χ4n) is 1.79. The highest BCUT2D eigenvalue weighted by Crippen LogP contribution is 2.31. The molecular weight excluding hydrogens is 304 g/mol. The minimum Gasteiger partial charge on any atom is -0.494 e. The number of benzene rings is 1. The van der Waals surface area contributed by atoms with Gasteiger partial charge in [-0.05, 0) is 39.8 Å². The molecule has 0 fully saturated rings. The van der Waals surface area contributed by atoms with Crippen molar-refractivity contribution in [2.45, 2.75) is 37.6 Å². The summed E-state index contributed by atoms with van der Waals surface area (Å²) in [6, 6.07) is 5.90. The Morgan fingerprint density at radius 2 is 2.19 bits per heavy atom. The monoisotopic (exact) mass is 324 g/mol. The van der Waals surface area contributed by atoms with Crippen LogP contribution in [0.25, 0.3) is 10.2 Å². The Balaban J connectivity index is 2.01. The van der Waals surface area contributed by atoms with Crippen LogP contribution in [0, 0.1) is 0 Å². The van der Waals surface area contributed by atoms with Crippen molar-refractivity contribution in [2.24, 2.45) is 0 Å². The molecule has 1 aromatic carbocycles. The van der Waals surface area contributed by atoms with E-state index in [1.165, 1.54) is 11.8 Å². The average molecular weight is 324 g/mol. The second-order valence-corrected chi connectivity index (χ2v) is 7.88. The molecule has 2 rings (SSSR count). The number of nitrogens with zero attached hydrogens (tertiary/aromatic N) is 1. The summed E-state index contributed by atoms with van der Waals surface area (Å²) in [5.41, 5.74) is 0.724. The quantitative estimate of drug-likeness (QED) is 0.852. The third-order valence-electron chi connectivity index (χ3n) is 2.49. The lowest BCUT2D eigenvalue weighted by molar-refractivity contribution is -0.119. The van der Waals surface area contributed by atoms with Gasteiger partial charge in [-0.25, -0.2) is 4.98 Å². The molecule has 1 amide bonds. The van der Waals surface area contributed by atoms with Crippen molar-refractivity contribution < 1.29 is 9.53 Å². The Labute approximate surface area is 133 Å². The summed E-state index contributed by atoms with van der Waals surface area (Å²) in [6.45, 7) is 8.53. The number of carbonyl (C=O) groups excluding carboxylic acids is 1. The number of fused-ring (bicyclic) bond motifs is 1. The zero-order chi connectivity index (χ0) is 15.5. The van der Waals surface area contributed by atoms with Crippen LogP contribution >= 0.6 is 23.1 Å². The average Bonchev–Trinajstić information content (AvgIpc) is 2.77. The third-order valence-corrected chi connectivity index (χ3v) is 4.67. The Morgan fingerprint density at radius 3 is 2.86 bits per heavy atom. The molecule has 0 unspecified atom stereocenters. The molecule has 114 valence electrons. The highest BCUT2D eigenvalue weighted by molar-refractivity contribution is 8.01. The van der Waals surface area contributed by atoms with Gasteiger partial charge < -0.3 is 10.1 Å². The van der Waals surface area contributed by atoms with Crippen molar-refractivity contribution in [3.8, 4) is 5.75 Å². The normalized spacial score (nSPS) is 11.6. The number of thioether (sulfide) groups is 1. The zero-order valence-electron chi connectivity index (χ0n) is 12.7. The Morgan fingerprint density at radius 1 is 1.43 bits per heavy atom. The fourth-order valence-corrected chi connectivity index (χ4v) is 3.63. The predicted molar refractivity (Wildman–Crippen MR) is 89.4 cm³/mol. The molecule has 0 saturated carbocycles. The van der Waals surface area contributed by atoms with E-state index in [4.69, 9.17) is 4.74 Å². The lowest BCUT2D eigenvalue weighted by Crippen LogP contribution is -2.41. The van der Waals surface area contributed by atoms with Crippen LogP contribution in [0.3, 0.4) is 0 Å². The molecule has 1 N–H and O–H groups in total. The molecule has 21 heavy (non-hydrogen) atoms. The van der Waals surface area contributed by atoms with Gasteiger partial charge in [0.05, 0.1) is 22.6 Å². The van der Waals surface area contributed by atoms with Crippen molar-refractivity contribution in [1.82, 2.24) is 10.3 Å². The Hall–Kier alpha value is -1.27. The molecule has 0 aliphatic heterocycles. The predicted octanol–water partition coefficient (Wildman–Crippen LogP) is 3.70. The molecule has 6 heteroatoms. The number of rotatable bonds is 5. The van der Waals surface area contributed by atoms with Crippen LogP contribution in [0.15, 0.2) is 22.5 Å². The molecule has 0 spiro atoms. The van der Waals surface area contributed by atoms with E-state index in [0.29, 0.717) is 12.4 Å². The van der Waals surface area contributed by atoms with Crippen LogP contribution in [0.2, 0.25) is 0 Å². The summed E-state index contributed by atoms with van der Waals surface area (Å²) in [4.78, 5) is 16.4. The molecular formula is C15H20N2O2S2. The van der Waals surface area contributed by atoms with Crippen LogP contribution in [-0.4, -0.2) is 28.8 Å². The van der Waals surface area contributed by atoms with E-state index in [0.717, 1.165) is 20.3 Å². The number of thiazole rings is 1. The van der Waals surface area contributed by atoms with E-state index in [1.54, 1.807) is 11.3 Å². The molecule has 0 bridgehead atoms. The van der Waals surface area contributed by atoms with Crippen LogP contribution in [0.4, 0.5) is 0 Å². The van der Waals surface area contributed by atoms with Gasteiger partial charge in [-0.1, -0.05) is 11.8 Å². The molecule has 4 nitrogen and oxygen atoms in total. The zero-order valence-corrected chi connectivity index (χ0v) is 14.4. The van der Waals surface area contributed by atoms with E-state index in [1.807, 2.05) is 45.9 Å². The van der Waals surface area contributed by atoms with E-state index >= 15 is 0 Å². The number of hydrogen-bond donors (Lipinski definition) is 1. The number of amides is 1. The number of aromatic nitrogens is 1. The molecule has 1 aromatic heterocycles. The summed E-state index contributed by atoms with van der Waals surface area (Å²) >= 11 is 3.07. The minimum atomic E-state index is -0.197. The van der Waals surface area contributed by atoms with Crippen molar-refractivity contribution in [3.63, 3.8) is 0 Å². The summed E-state index contributed by atoms with van der Waals surface area (Å²) in [5, 5.41) is 2.95. The van der Waals surface area contributed by atoms with Crippen molar-refractivity contribution in [2.75, 3.05) is 12.4 Å². The van der Waals surface area contributed by atoms with Gasteiger partial charge >= 0.3 is 0 Å². The summed E-state index contributed by atoms with van der Waals surface area (Å²) < 4.78 is 7.48. The van der Waals surface area contributed by atoms with E-state index in [-0.39, 0.29) is 11.4 Å². The molecule has 0 aliphatic carbocycles. The SMILES string of the molecule is CCOc1ccc2sc(SCC(=O)NC(C)(C)C)nc2c1. The maximum absolute atomic E-state index is 11.8. The molecule has 0 saturated heterocycles. The maximum Gasteiger partial charge on any atom is 0.230 e. The highest BCUT2D eigenvalue weighted by atomic mass is 32.2. The van der Waals surface area contributed by atoms with Crippen LogP contribution in [-0.2, 0) is 4.79 Å². The fraction of sp³-hybridized carbons (Fsp3) is 0.467.